The van der Waals surface area contributed by atoms with Gasteiger partial charge < -0.3 is 13.9 Å². The first-order valence-electron chi connectivity index (χ1n) is 40.4. The summed E-state index contributed by atoms with van der Waals surface area (Å²) in [6.07, 6.45) is 13.5. The molecule has 0 saturated heterocycles. The number of benzene rings is 18. The van der Waals surface area contributed by atoms with E-state index in [9.17, 15) is 0 Å². The molecular formula is C109H84N2O. The largest absolute Gasteiger partial charge is 0.497 e. The molecule has 2 saturated carbocycles. The van der Waals surface area contributed by atoms with E-state index in [4.69, 9.17) is 4.74 Å². The second kappa shape index (κ2) is 28.4. The molecule has 0 bridgehead atoms. The van der Waals surface area contributed by atoms with Gasteiger partial charge in [0.25, 0.3) is 0 Å². The van der Waals surface area contributed by atoms with Crippen molar-refractivity contribution in [2.75, 3.05) is 7.11 Å². The van der Waals surface area contributed by atoms with Crippen LogP contribution < -0.4 is 4.74 Å². The predicted octanol–water partition coefficient (Wildman–Crippen LogP) is 30.6. The zero-order valence-electron chi connectivity index (χ0n) is 63.1. The summed E-state index contributed by atoms with van der Waals surface area (Å²) in [6.45, 7) is 0. The molecule has 22 rings (SSSR count). The van der Waals surface area contributed by atoms with Gasteiger partial charge in [-0.05, 0) is 265 Å². The fraction of sp³-hybridized carbons (Fsp3) is 0.119. The van der Waals surface area contributed by atoms with Crippen LogP contribution in [0.2, 0.25) is 0 Å². The van der Waals surface area contributed by atoms with Crippen LogP contribution in [-0.4, -0.2) is 16.2 Å². The Kier molecular flexibility index (Phi) is 17.0. The lowest BCUT2D eigenvalue weighted by molar-refractivity contribution is 0.415. The maximum Gasteiger partial charge on any atom is 0.118 e. The van der Waals surface area contributed by atoms with Crippen LogP contribution in [0.15, 0.2) is 358 Å². The third kappa shape index (κ3) is 11.6. The molecule has 3 nitrogen and oxygen atoms in total. The molecule has 20 aromatic rings. The van der Waals surface area contributed by atoms with Gasteiger partial charge in [-0.3, -0.25) is 0 Å². The molecule has 0 N–H and O–H groups in total. The quantitative estimate of drug-likeness (QED) is 0.118. The summed E-state index contributed by atoms with van der Waals surface area (Å²) in [6, 6.07) is 133. The average molecular weight is 1440 g/mol. The number of nitrogens with zero attached hydrogens (tertiary/aromatic N) is 2. The maximum atomic E-state index is 5.50. The maximum absolute atomic E-state index is 5.50. The standard InChI is InChI=1S/C58H37N.C51H47NO/c1-2-16-40(17-3-1)57-49-22-8-10-24-51(49)58(52-25-11-9-23-50(52)57)41-28-32-44(33-29-41)59-55-34-30-42(47-26-12-18-38-14-4-6-20-45(38)47)36-53(55)54-37-43(31-35-56(54)59)48-27-13-19-39-15-5-7-21-46(39)48;1-53-41-28-22-37(23-29-41)51-44-18-10-8-16-42(44)50(43-17-9-11-19-45(43)51)36-20-26-40(27-21-36)52-48-30-24-38(34-12-4-2-5-13-34)32-46(48)47-33-39(25-31-49(47)52)35-14-6-3-7-15-35/h1-37H;8-11,16-35H,2-7,12-15H2,1H3. The summed E-state index contributed by atoms with van der Waals surface area (Å²) in [7, 11) is 1.73. The van der Waals surface area contributed by atoms with E-state index in [1.54, 1.807) is 7.11 Å². The molecule has 0 amide bonds. The molecule has 2 aliphatic rings. The van der Waals surface area contributed by atoms with Crippen molar-refractivity contribution in [3.63, 3.8) is 0 Å². The van der Waals surface area contributed by atoms with Gasteiger partial charge in [0.05, 0.1) is 29.2 Å². The Morgan fingerprint density at radius 3 is 0.866 bits per heavy atom. The molecule has 2 aromatic heterocycles. The predicted molar refractivity (Wildman–Crippen MR) is 477 cm³/mol. The lowest BCUT2D eigenvalue weighted by Gasteiger charge is -2.22. The highest BCUT2D eigenvalue weighted by Crippen LogP contribution is 2.49. The van der Waals surface area contributed by atoms with Gasteiger partial charge in [0.2, 0.25) is 0 Å². The smallest absolute Gasteiger partial charge is 0.118 e. The van der Waals surface area contributed by atoms with E-state index in [0.29, 0.717) is 11.8 Å². The molecule has 3 heteroatoms. The van der Waals surface area contributed by atoms with Gasteiger partial charge in [0, 0.05) is 32.9 Å². The lowest BCUT2D eigenvalue weighted by atomic mass is 9.83. The summed E-state index contributed by atoms with van der Waals surface area (Å²) < 4.78 is 10.5. The van der Waals surface area contributed by atoms with Crippen molar-refractivity contribution < 1.29 is 4.74 Å². The number of aromatic nitrogens is 2. The van der Waals surface area contributed by atoms with E-state index < -0.39 is 0 Å². The third-order valence-electron chi connectivity index (χ3n) is 25.1. The summed E-state index contributed by atoms with van der Waals surface area (Å²) >= 11 is 0. The van der Waals surface area contributed by atoms with Gasteiger partial charge in [-0.1, -0.05) is 312 Å². The van der Waals surface area contributed by atoms with Crippen LogP contribution in [0.1, 0.15) is 87.2 Å². The number of methoxy groups -OCH3 is 1. The zero-order chi connectivity index (χ0) is 74.2. The van der Waals surface area contributed by atoms with Gasteiger partial charge in [-0.2, -0.15) is 0 Å². The number of hydrogen-bond donors (Lipinski definition) is 0. The molecule has 536 valence electrons. The Hall–Kier alpha value is -13.1. The van der Waals surface area contributed by atoms with Gasteiger partial charge in [0.15, 0.2) is 0 Å². The zero-order valence-corrected chi connectivity index (χ0v) is 63.1. The summed E-state index contributed by atoms with van der Waals surface area (Å²) in [5.41, 5.74) is 25.4. The van der Waals surface area contributed by atoms with Crippen molar-refractivity contribution >= 4 is 108 Å². The number of ether oxygens (including phenoxy) is 1. The van der Waals surface area contributed by atoms with Crippen molar-refractivity contribution in [3.8, 4) is 83.9 Å². The second-order valence-corrected chi connectivity index (χ2v) is 31.3. The first-order valence-corrected chi connectivity index (χ1v) is 40.4. The van der Waals surface area contributed by atoms with E-state index in [0.717, 1.165) is 11.4 Å². The fourth-order valence-corrected chi connectivity index (χ4v) is 19.7. The highest BCUT2D eigenvalue weighted by Gasteiger charge is 2.25. The fourth-order valence-electron chi connectivity index (χ4n) is 19.7. The molecule has 0 atom stereocenters. The average Bonchev–Trinajstić information content (AvgIpc) is 1.35. The van der Waals surface area contributed by atoms with Crippen LogP contribution in [0.5, 0.6) is 5.75 Å². The molecule has 0 radical (unpaired) electrons. The minimum atomic E-state index is 0.688. The Labute approximate surface area is 653 Å². The lowest BCUT2D eigenvalue weighted by Crippen LogP contribution is -2.04. The Morgan fingerprint density at radius 1 is 0.223 bits per heavy atom. The number of rotatable bonds is 11. The summed E-state index contributed by atoms with van der Waals surface area (Å²) in [4.78, 5) is 0. The minimum absolute atomic E-state index is 0.688. The van der Waals surface area contributed by atoms with Crippen LogP contribution in [0, 0.1) is 0 Å². The van der Waals surface area contributed by atoms with Gasteiger partial charge in [-0.25, -0.2) is 0 Å². The van der Waals surface area contributed by atoms with Gasteiger partial charge in [-0.15, -0.1) is 0 Å². The monoisotopic (exact) mass is 1440 g/mol. The molecule has 0 unspecified atom stereocenters. The topological polar surface area (TPSA) is 19.1 Å². The van der Waals surface area contributed by atoms with Crippen LogP contribution in [0.4, 0.5) is 0 Å². The molecular weight excluding hydrogens is 1350 g/mol. The van der Waals surface area contributed by atoms with E-state index in [2.05, 4.69) is 367 Å². The van der Waals surface area contributed by atoms with Crippen molar-refractivity contribution in [3.05, 3.63) is 369 Å². The van der Waals surface area contributed by atoms with Crippen molar-refractivity contribution in [1.82, 2.24) is 9.13 Å². The minimum Gasteiger partial charge on any atom is -0.497 e. The third-order valence-corrected chi connectivity index (χ3v) is 25.1. The molecule has 2 fully saturated rings. The molecule has 112 heavy (non-hydrogen) atoms. The Balaban J connectivity index is 0.000000142. The number of hydrogen-bond acceptors (Lipinski definition) is 1. The van der Waals surface area contributed by atoms with Crippen LogP contribution >= 0.6 is 0 Å². The first-order chi connectivity index (χ1) is 55.5. The SMILES string of the molecule is COc1ccc(-c2c3ccccc3c(-c3ccc(-n4c5ccc(C6CCCCC6)cc5c5cc(C6CCCCC6)ccc54)cc3)c3ccccc23)cc1.c1ccc(-c2c3ccccc3c(-c3ccc(-n4c5ccc(-c6cccc7ccccc67)cc5c5cc(-c6cccc7ccccc67)ccc54)cc3)c3ccccc23)cc1. The summed E-state index contributed by atoms with van der Waals surface area (Å²) in [5, 5.41) is 20.5. The summed E-state index contributed by atoms with van der Waals surface area (Å²) in [5.74, 6) is 2.25. The molecule has 0 spiro atoms. The van der Waals surface area contributed by atoms with Gasteiger partial charge >= 0.3 is 0 Å². The Morgan fingerprint density at radius 2 is 0.509 bits per heavy atom. The Bertz CT molecular complexity index is 6690. The van der Waals surface area contributed by atoms with Crippen molar-refractivity contribution in [2.24, 2.45) is 0 Å². The van der Waals surface area contributed by atoms with E-state index in [1.165, 1.54) is 256 Å². The highest BCUT2D eigenvalue weighted by molar-refractivity contribution is 6.23. The highest BCUT2D eigenvalue weighted by atomic mass is 16.5. The molecule has 18 aromatic carbocycles. The van der Waals surface area contributed by atoms with Crippen molar-refractivity contribution in [1.29, 1.82) is 0 Å². The van der Waals surface area contributed by atoms with Crippen LogP contribution in [0.3, 0.4) is 0 Å². The number of fused-ring (bicyclic) bond motifs is 12. The van der Waals surface area contributed by atoms with Crippen molar-refractivity contribution in [2.45, 2.75) is 76.0 Å². The molecule has 0 aliphatic heterocycles. The van der Waals surface area contributed by atoms with Crippen LogP contribution in [0.25, 0.3) is 186 Å². The molecule has 2 heterocycles. The van der Waals surface area contributed by atoms with Gasteiger partial charge in [0.1, 0.15) is 5.75 Å². The van der Waals surface area contributed by atoms with Crippen LogP contribution in [-0.2, 0) is 0 Å². The van der Waals surface area contributed by atoms with E-state index in [-0.39, 0.29) is 0 Å². The van der Waals surface area contributed by atoms with E-state index >= 15 is 0 Å². The first kappa shape index (κ1) is 67.1. The second-order valence-electron chi connectivity index (χ2n) is 31.3. The van der Waals surface area contributed by atoms with E-state index in [1.807, 2.05) is 0 Å². The molecule has 2 aliphatic carbocycles. The normalized spacial score (nSPS) is 13.7.